The molecule has 1 aliphatic rings. The van der Waals surface area contributed by atoms with E-state index in [0.717, 1.165) is 5.56 Å². The molecule has 0 radical (unpaired) electrons. The number of hydrogen-bond donors (Lipinski definition) is 1. The molecule has 2 unspecified atom stereocenters. The second-order valence-electron chi connectivity index (χ2n) is 7.69. The lowest BCUT2D eigenvalue weighted by Crippen LogP contribution is -2.38. The molecule has 0 aliphatic carbocycles. The first-order valence-electron chi connectivity index (χ1n) is 10.1. The number of methoxy groups -OCH3 is 2. The fraction of sp³-hybridized carbons (Fsp3) is 0.391. The number of carbonyl (C=O) groups is 2. The number of benzene rings is 2. The van der Waals surface area contributed by atoms with Crippen molar-refractivity contribution in [2.45, 2.75) is 12.5 Å². The summed E-state index contributed by atoms with van der Waals surface area (Å²) >= 11 is 6.35. The molecule has 1 fully saturated rings. The van der Waals surface area contributed by atoms with Gasteiger partial charge in [-0.15, -0.1) is 0 Å². The third-order valence-electron chi connectivity index (χ3n) is 5.53. The van der Waals surface area contributed by atoms with Gasteiger partial charge in [0.25, 0.3) is 0 Å². The SMILES string of the molecule is COc1ccc(N2CC(C(=O)NCC(c3ccccc3Cl)N(C)C)CC2=O)cc1OC. The second-order valence-corrected chi connectivity index (χ2v) is 8.10. The van der Waals surface area contributed by atoms with Gasteiger partial charge in [-0.25, -0.2) is 0 Å². The molecule has 8 heteroatoms. The van der Waals surface area contributed by atoms with Crippen LogP contribution in [0.25, 0.3) is 0 Å². The number of nitrogens with one attached hydrogen (secondary N) is 1. The average Bonchev–Trinajstić information content (AvgIpc) is 3.15. The Kier molecular flexibility index (Phi) is 7.41. The van der Waals surface area contributed by atoms with Crippen LogP contribution in [-0.4, -0.2) is 58.1 Å². The van der Waals surface area contributed by atoms with Gasteiger partial charge in [-0.05, 0) is 37.9 Å². The van der Waals surface area contributed by atoms with E-state index in [0.29, 0.717) is 35.3 Å². The summed E-state index contributed by atoms with van der Waals surface area (Å²) in [6, 6.07) is 12.8. The third-order valence-corrected chi connectivity index (χ3v) is 5.88. The zero-order valence-electron chi connectivity index (χ0n) is 18.2. The first kappa shape index (κ1) is 22.9. The number of halogens is 1. The number of hydrogen-bond acceptors (Lipinski definition) is 5. The van der Waals surface area contributed by atoms with Gasteiger partial charge >= 0.3 is 0 Å². The number of ether oxygens (including phenoxy) is 2. The lowest BCUT2D eigenvalue weighted by atomic mass is 10.0. The van der Waals surface area contributed by atoms with Crippen molar-refractivity contribution in [3.05, 3.63) is 53.1 Å². The molecular formula is C23H28ClN3O4. The van der Waals surface area contributed by atoms with Gasteiger partial charge in [0.15, 0.2) is 11.5 Å². The minimum atomic E-state index is -0.422. The second kappa shape index (κ2) is 10.0. The molecule has 7 nitrogen and oxygen atoms in total. The van der Waals surface area contributed by atoms with E-state index in [-0.39, 0.29) is 24.3 Å². The van der Waals surface area contributed by atoms with Crippen LogP contribution in [-0.2, 0) is 9.59 Å². The predicted molar refractivity (Wildman–Crippen MR) is 121 cm³/mol. The fourth-order valence-corrected chi connectivity index (χ4v) is 4.04. The molecule has 0 saturated carbocycles. The number of anilines is 1. The Labute approximate surface area is 187 Å². The van der Waals surface area contributed by atoms with Gasteiger partial charge in [0.1, 0.15) is 0 Å². The summed E-state index contributed by atoms with van der Waals surface area (Å²) in [4.78, 5) is 29.1. The minimum Gasteiger partial charge on any atom is -0.493 e. The number of likely N-dealkylation sites (N-methyl/N-ethyl adjacent to an activating group) is 1. The number of carbonyl (C=O) groups excluding carboxylic acids is 2. The molecule has 1 N–H and O–H groups in total. The van der Waals surface area contributed by atoms with Gasteiger partial charge in [0.05, 0.1) is 26.2 Å². The summed E-state index contributed by atoms with van der Waals surface area (Å²) in [7, 11) is 6.99. The third kappa shape index (κ3) is 5.11. The van der Waals surface area contributed by atoms with Gasteiger partial charge in [0, 0.05) is 36.3 Å². The molecule has 1 aliphatic heterocycles. The van der Waals surface area contributed by atoms with Crippen LogP contribution in [0.4, 0.5) is 5.69 Å². The molecule has 2 atom stereocenters. The molecule has 31 heavy (non-hydrogen) atoms. The van der Waals surface area contributed by atoms with Crippen LogP contribution in [0, 0.1) is 5.92 Å². The van der Waals surface area contributed by atoms with Crippen LogP contribution in [0.15, 0.2) is 42.5 Å². The van der Waals surface area contributed by atoms with Crippen molar-refractivity contribution < 1.29 is 19.1 Å². The smallest absolute Gasteiger partial charge is 0.227 e. The summed E-state index contributed by atoms with van der Waals surface area (Å²) in [5, 5.41) is 3.66. The summed E-state index contributed by atoms with van der Waals surface area (Å²) in [5.41, 5.74) is 1.63. The molecule has 0 aromatic heterocycles. The van der Waals surface area contributed by atoms with Gasteiger partial charge in [-0.3, -0.25) is 9.59 Å². The van der Waals surface area contributed by atoms with Crippen LogP contribution in [0.1, 0.15) is 18.0 Å². The monoisotopic (exact) mass is 445 g/mol. The maximum atomic E-state index is 12.8. The highest BCUT2D eigenvalue weighted by Crippen LogP contribution is 2.34. The lowest BCUT2D eigenvalue weighted by molar-refractivity contribution is -0.126. The van der Waals surface area contributed by atoms with Crippen molar-refractivity contribution in [2.75, 3.05) is 46.3 Å². The lowest BCUT2D eigenvalue weighted by Gasteiger charge is -2.26. The first-order chi connectivity index (χ1) is 14.8. The van der Waals surface area contributed by atoms with Gasteiger partial charge in [0.2, 0.25) is 11.8 Å². The predicted octanol–water partition coefficient (Wildman–Crippen LogP) is 3.13. The summed E-state index contributed by atoms with van der Waals surface area (Å²) in [5.74, 6) is 0.461. The topological polar surface area (TPSA) is 71.1 Å². The molecule has 2 aromatic carbocycles. The summed E-state index contributed by atoms with van der Waals surface area (Å²) in [6.45, 7) is 0.718. The highest BCUT2D eigenvalue weighted by atomic mass is 35.5. The van der Waals surface area contributed by atoms with E-state index in [1.165, 1.54) is 0 Å². The zero-order chi connectivity index (χ0) is 22.5. The highest BCUT2D eigenvalue weighted by Gasteiger charge is 2.35. The molecule has 1 saturated heterocycles. The highest BCUT2D eigenvalue weighted by molar-refractivity contribution is 6.31. The number of nitrogens with zero attached hydrogens (tertiary/aromatic N) is 2. The molecule has 3 rings (SSSR count). The van der Waals surface area contributed by atoms with Crippen molar-refractivity contribution in [1.82, 2.24) is 10.2 Å². The maximum Gasteiger partial charge on any atom is 0.227 e. The Hall–Kier alpha value is -2.77. The molecular weight excluding hydrogens is 418 g/mol. The van der Waals surface area contributed by atoms with Crippen LogP contribution in [0.2, 0.25) is 5.02 Å². The first-order valence-corrected chi connectivity index (χ1v) is 10.4. The fourth-order valence-electron chi connectivity index (χ4n) is 3.78. The van der Waals surface area contributed by atoms with Crippen molar-refractivity contribution in [3.63, 3.8) is 0 Å². The van der Waals surface area contributed by atoms with E-state index >= 15 is 0 Å². The van der Waals surface area contributed by atoms with Crippen molar-refractivity contribution in [3.8, 4) is 11.5 Å². The summed E-state index contributed by atoms with van der Waals surface area (Å²) in [6.07, 6.45) is 0.166. The Bertz CT molecular complexity index is 950. The quantitative estimate of drug-likeness (QED) is 0.676. The standard InChI is InChI=1S/C23H28ClN3O4/c1-26(2)19(17-7-5-6-8-18(17)24)13-25-23(29)15-11-22(28)27(14-15)16-9-10-20(30-3)21(12-16)31-4/h5-10,12,15,19H,11,13-14H2,1-4H3,(H,25,29). The molecule has 166 valence electrons. The van der Waals surface area contributed by atoms with Crippen molar-refractivity contribution >= 4 is 29.1 Å². The maximum absolute atomic E-state index is 12.8. The summed E-state index contributed by atoms with van der Waals surface area (Å²) < 4.78 is 10.6. The molecule has 1 heterocycles. The van der Waals surface area contributed by atoms with Gasteiger partial charge in [-0.1, -0.05) is 29.8 Å². The Morgan fingerprint density at radius 2 is 1.90 bits per heavy atom. The van der Waals surface area contributed by atoms with Crippen molar-refractivity contribution in [1.29, 1.82) is 0 Å². The van der Waals surface area contributed by atoms with Crippen LogP contribution < -0.4 is 19.7 Å². The Morgan fingerprint density at radius 1 is 1.19 bits per heavy atom. The number of rotatable bonds is 8. The van der Waals surface area contributed by atoms with Crippen LogP contribution >= 0.6 is 11.6 Å². The zero-order valence-corrected chi connectivity index (χ0v) is 19.0. The van der Waals surface area contributed by atoms with Crippen LogP contribution in [0.3, 0.4) is 0 Å². The van der Waals surface area contributed by atoms with Gasteiger partial charge < -0.3 is 24.6 Å². The van der Waals surface area contributed by atoms with E-state index in [2.05, 4.69) is 5.32 Å². The average molecular weight is 446 g/mol. The Morgan fingerprint density at radius 3 is 2.55 bits per heavy atom. The molecule has 2 aromatic rings. The van der Waals surface area contributed by atoms with Crippen LogP contribution in [0.5, 0.6) is 11.5 Å². The molecule has 2 amide bonds. The molecule has 0 spiro atoms. The van der Waals surface area contributed by atoms with Crippen molar-refractivity contribution in [2.24, 2.45) is 5.92 Å². The van der Waals surface area contributed by atoms with Gasteiger partial charge in [-0.2, -0.15) is 0 Å². The van der Waals surface area contributed by atoms with E-state index in [9.17, 15) is 9.59 Å². The van der Waals surface area contributed by atoms with E-state index in [4.69, 9.17) is 21.1 Å². The normalized spacial score (nSPS) is 17.0. The molecule has 0 bridgehead atoms. The minimum absolute atomic E-state index is 0.0725. The van der Waals surface area contributed by atoms with E-state index in [1.54, 1.807) is 37.3 Å². The largest absolute Gasteiger partial charge is 0.493 e. The van der Waals surface area contributed by atoms with E-state index < -0.39 is 5.92 Å². The Balaban J connectivity index is 1.67. The van der Waals surface area contributed by atoms with E-state index in [1.807, 2.05) is 43.3 Å². The number of amides is 2.